The molecule has 0 aliphatic rings. The van der Waals surface area contributed by atoms with E-state index in [4.69, 9.17) is 4.74 Å². The van der Waals surface area contributed by atoms with Crippen molar-refractivity contribution in [2.24, 2.45) is 5.41 Å². The number of benzene rings is 1. The standard InChI is InChI=1S/C14H15F3N4O5/c1-6(13(2,3)4)26-11-8(21(24)25)5-7(20(22)23)9-10(11)19-12(18-9)14(15,16)17/h5-6H,1-4H3,(H,18,19). The van der Waals surface area contributed by atoms with Crippen LogP contribution in [0.3, 0.4) is 0 Å². The number of nitrogens with one attached hydrogen (secondary N) is 1. The van der Waals surface area contributed by atoms with Crippen molar-refractivity contribution >= 4 is 22.4 Å². The molecule has 0 bridgehead atoms. The van der Waals surface area contributed by atoms with Crippen molar-refractivity contribution in [3.63, 3.8) is 0 Å². The van der Waals surface area contributed by atoms with Gasteiger partial charge in [0.1, 0.15) is 23.2 Å². The molecule has 0 aliphatic heterocycles. The summed E-state index contributed by atoms with van der Waals surface area (Å²) in [6, 6.07) is 0.561. The molecular weight excluding hydrogens is 361 g/mol. The lowest BCUT2D eigenvalue weighted by molar-refractivity contribution is -0.393. The quantitative estimate of drug-likeness (QED) is 0.629. The van der Waals surface area contributed by atoms with Gasteiger partial charge in [-0.3, -0.25) is 20.2 Å². The van der Waals surface area contributed by atoms with Gasteiger partial charge in [0, 0.05) is 0 Å². The van der Waals surface area contributed by atoms with E-state index in [0.29, 0.717) is 6.07 Å². The lowest BCUT2D eigenvalue weighted by Crippen LogP contribution is -2.29. The maximum absolute atomic E-state index is 13.0. The molecule has 0 aliphatic carbocycles. The Morgan fingerprint density at radius 2 is 1.69 bits per heavy atom. The Morgan fingerprint density at radius 3 is 2.12 bits per heavy atom. The van der Waals surface area contributed by atoms with Gasteiger partial charge in [0.25, 0.3) is 0 Å². The third-order valence-electron chi connectivity index (χ3n) is 3.86. The number of halogens is 3. The van der Waals surface area contributed by atoms with E-state index in [2.05, 4.69) is 4.98 Å². The monoisotopic (exact) mass is 376 g/mol. The van der Waals surface area contributed by atoms with Crippen LogP contribution >= 0.6 is 0 Å². The minimum absolute atomic E-state index is 0.509. The normalized spacial score (nSPS) is 13.7. The van der Waals surface area contributed by atoms with Gasteiger partial charge in [-0.2, -0.15) is 13.2 Å². The van der Waals surface area contributed by atoms with Crippen LogP contribution in [0.4, 0.5) is 24.5 Å². The lowest BCUT2D eigenvalue weighted by atomic mass is 9.90. The molecule has 0 saturated carbocycles. The highest BCUT2D eigenvalue weighted by Crippen LogP contribution is 2.43. The highest BCUT2D eigenvalue weighted by Gasteiger charge is 2.39. The number of rotatable bonds is 4. The number of hydrogen-bond acceptors (Lipinski definition) is 6. The van der Waals surface area contributed by atoms with Gasteiger partial charge in [0.15, 0.2) is 0 Å². The van der Waals surface area contributed by atoms with Crippen LogP contribution in [0.1, 0.15) is 33.5 Å². The fourth-order valence-corrected chi connectivity index (χ4v) is 2.00. The Balaban J connectivity index is 2.85. The topological polar surface area (TPSA) is 124 Å². The predicted molar refractivity (Wildman–Crippen MR) is 83.9 cm³/mol. The van der Waals surface area contributed by atoms with Crippen LogP contribution < -0.4 is 4.74 Å². The molecule has 1 aromatic carbocycles. The number of fused-ring (bicyclic) bond motifs is 1. The molecule has 0 amide bonds. The van der Waals surface area contributed by atoms with Crippen LogP contribution in [0.15, 0.2) is 6.07 Å². The van der Waals surface area contributed by atoms with Gasteiger partial charge >= 0.3 is 17.6 Å². The Bertz CT molecular complexity index is 885. The Hall–Kier alpha value is -2.92. The number of hydrogen-bond donors (Lipinski definition) is 1. The number of nitro groups is 2. The molecule has 0 saturated heterocycles. The van der Waals surface area contributed by atoms with Crippen molar-refractivity contribution in [1.29, 1.82) is 0 Å². The number of non-ortho nitro benzene ring substituents is 1. The molecular formula is C14H15F3N4O5. The summed E-state index contributed by atoms with van der Waals surface area (Å²) < 4.78 is 44.4. The second kappa shape index (κ2) is 6.11. The molecule has 0 spiro atoms. The summed E-state index contributed by atoms with van der Waals surface area (Å²) in [6.45, 7) is 6.86. The molecule has 142 valence electrons. The first-order valence-corrected chi connectivity index (χ1v) is 7.32. The fourth-order valence-electron chi connectivity index (χ4n) is 2.00. The molecule has 2 aromatic rings. The molecule has 1 N–H and O–H groups in total. The van der Waals surface area contributed by atoms with Crippen molar-refractivity contribution in [3.8, 4) is 5.75 Å². The summed E-state index contributed by atoms with van der Waals surface area (Å²) in [4.78, 5) is 25.6. The predicted octanol–water partition coefficient (Wildman–Crippen LogP) is 4.21. The van der Waals surface area contributed by atoms with E-state index in [1.54, 1.807) is 27.7 Å². The van der Waals surface area contributed by atoms with Crippen LogP contribution in [0.25, 0.3) is 11.0 Å². The summed E-state index contributed by atoms with van der Waals surface area (Å²) >= 11 is 0. The van der Waals surface area contributed by atoms with E-state index in [9.17, 15) is 33.4 Å². The highest BCUT2D eigenvalue weighted by atomic mass is 19.4. The van der Waals surface area contributed by atoms with Gasteiger partial charge in [-0.1, -0.05) is 20.8 Å². The minimum atomic E-state index is -4.92. The SMILES string of the molecule is CC(Oc1c([N+](=O)[O-])cc([N+](=O)[O-])c2[nH]c(C(F)(F)F)nc12)C(C)(C)C. The van der Waals surface area contributed by atoms with E-state index < -0.39 is 61.5 Å². The maximum atomic E-state index is 13.0. The number of aromatic nitrogens is 2. The van der Waals surface area contributed by atoms with Gasteiger partial charge in [-0.25, -0.2) is 4.98 Å². The lowest BCUT2D eigenvalue weighted by Gasteiger charge is -2.27. The van der Waals surface area contributed by atoms with Crippen molar-refractivity contribution in [2.45, 2.75) is 40.0 Å². The largest absolute Gasteiger partial charge is 0.482 e. The third-order valence-corrected chi connectivity index (χ3v) is 3.86. The number of nitrogens with zero attached hydrogens (tertiary/aromatic N) is 3. The third kappa shape index (κ3) is 3.53. The molecule has 12 heteroatoms. The van der Waals surface area contributed by atoms with Crippen LogP contribution in [-0.4, -0.2) is 25.9 Å². The second-order valence-corrected chi connectivity index (χ2v) is 6.69. The summed E-state index contributed by atoms with van der Waals surface area (Å²) in [5.74, 6) is -2.06. The molecule has 1 heterocycles. The number of aromatic amines is 1. The number of nitro benzene ring substituents is 2. The van der Waals surface area contributed by atoms with Gasteiger partial charge < -0.3 is 9.72 Å². The van der Waals surface area contributed by atoms with Gasteiger partial charge in [-0.15, -0.1) is 0 Å². The summed E-state index contributed by atoms with van der Waals surface area (Å²) in [6.07, 6.45) is -5.58. The van der Waals surface area contributed by atoms with Crippen LogP contribution in [0.5, 0.6) is 5.75 Å². The van der Waals surface area contributed by atoms with E-state index in [0.717, 1.165) is 0 Å². The smallest absolute Gasteiger partial charge is 0.449 e. The number of ether oxygens (including phenoxy) is 1. The Labute approximate surface area is 144 Å². The molecule has 0 radical (unpaired) electrons. The summed E-state index contributed by atoms with van der Waals surface area (Å²) in [7, 11) is 0. The second-order valence-electron chi connectivity index (χ2n) is 6.69. The van der Waals surface area contributed by atoms with Crippen LogP contribution in [-0.2, 0) is 6.18 Å². The van der Waals surface area contributed by atoms with E-state index in [-0.39, 0.29) is 0 Å². The van der Waals surface area contributed by atoms with Crippen molar-refractivity contribution in [3.05, 3.63) is 32.1 Å². The van der Waals surface area contributed by atoms with Gasteiger partial charge in [-0.05, 0) is 12.3 Å². The molecule has 9 nitrogen and oxygen atoms in total. The van der Waals surface area contributed by atoms with Crippen molar-refractivity contribution in [2.75, 3.05) is 0 Å². The molecule has 1 aromatic heterocycles. The first kappa shape index (κ1) is 19.4. The van der Waals surface area contributed by atoms with E-state index >= 15 is 0 Å². The zero-order chi connectivity index (χ0) is 20.0. The van der Waals surface area contributed by atoms with Gasteiger partial charge in [0.2, 0.25) is 11.6 Å². The zero-order valence-electron chi connectivity index (χ0n) is 14.2. The molecule has 1 unspecified atom stereocenters. The molecule has 2 rings (SSSR count). The Kier molecular flexibility index (Phi) is 4.56. The number of alkyl halides is 3. The first-order valence-electron chi connectivity index (χ1n) is 7.32. The fraction of sp³-hybridized carbons (Fsp3) is 0.500. The van der Waals surface area contributed by atoms with E-state index in [1.165, 1.54) is 0 Å². The van der Waals surface area contributed by atoms with Crippen molar-refractivity contribution < 1.29 is 27.8 Å². The Morgan fingerprint density at radius 1 is 1.15 bits per heavy atom. The van der Waals surface area contributed by atoms with E-state index in [1.807, 2.05) is 4.98 Å². The summed E-state index contributed by atoms with van der Waals surface area (Å²) in [5.41, 5.74) is -3.45. The average Bonchev–Trinajstić information content (AvgIpc) is 2.90. The average molecular weight is 376 g/mol. The van der Waals surface area contributed by atoms with Crippen LogP contribution in [0.2, 0.25) is 0 Å². The maximum Gasteiger partial charge on any atom is 0.449 e. The molecule has 0 fully saturated rings. The number of H-pyrrole nitrogens is 1. The first-order chi connectivity index (χ1) is 11.7. The minimum Gasteiger partial charge on any atom is -0.482 e. The van der Waals surface area contributed by atoms with Crippen LogP contribution in [0, 0.1) is 25.6 Å². The number of imidazole rings is 1. The zero-order valence-corrected chi connectivity index (χ0v) is 14.2. The highest BCUT2D eigenvalue weighted by molar-refractivity contribution is 5.93. The van der Waals surface area contributed by atoms with Gasteiger partial charge in [0.05, 0.1) is 9.85 Å². The molecule has 1 atom stereocenters. The summed E-state index contributed by atoms with van der Waals surface area (Å²) in [5, 5.41) is 22.5. The molecule has 26 heavy (non-hydrogen) atoms. The van der Waals surface area contributed by atoms with Crippen molar-refractivity contribution in [1.82, 2.24) is 9.97 Å².